The van der Waals surface area contributed by atoms with Gasteiger partial charge in [-0.2, -0.15) is 0 Å². The molecule has 1 aliphatic carbocycles. The van der Waals surface area contributed by atoms with Gasteiger partial charge in [0.25, 0.3) is 0 Å². The zero-order chi connectivity index (χ0) is 14.7. The Hall–Kier alpha value is -2.10. The standard InChI is InChI=1S/C17H21N3O/c1-13-6-2-3-7-15(13)19-17(21)10-9-14-12-18-16-8-4-5-11-20(14)16/h4-5,8-13,15H,2-3,6-7H2,1H3,(H,19,21)/b10-9+. The fourth-order valence-corrected chi connectivity index (χ4v) is 3.00. The molecule has 2 heterocycles. The highest BCUT2D eigenvalue weighted by Gasteiger charge is 2.21. The third-order valence-corrected chi connectivity index (χ3v) is 4.29. The molecule has 0 radical (unpaired) electrons. The summed E-state index contributed by atoms with van der Waals surface area (Å²) in [7, 11) is 0. The summed E-state index contributed by atoms with van der Waals surface area (Å²) in [6.07, 6.45) is 12.0. The smallest absolute Gasteiger partial charge is 0.244 e. The number of aromatic nitrogens is 2. The summed E-state index contributed by atoms with van der Waals surface area (Å²) in [6.45, 7) is 2.22. The Morgan fingerprint density at radius 3 is 3.10 bits per heavy atom. The molecule has 0 saturated heterocycles. The van der Waals surface area contributed by atoms with Crippen molar-refractivity contribution in [3.63, 3.8) is 0 Å². The second-order valence-corrected chi connectivity index (χ2v) is 5.82. The van der Waals surface area contributed by atoms with Crippen LogP contribution in [0.2, 0.25) is 0 Å². The average Bonchev–Trinajstić information content (AvgIpc) is 2.91. The first-order valence-electron chi connectivity index (χ1n) is 7.65. The fraction of sp³-hybridized carbons (Fsp3) is 0.412. The van der Waals surface area contributed by atoms with E-state index in [4.69, 9.17) is 0 Å². The van der Waals surface area contributed by atoms with Crippen LogP contribution in [0.15, 0.2) is 36.7 Å². The molecule has 1 aliphatic rings. The Kier molecular flexibility index (Phi) is 4.04. The molecule has 2 aromatic heterocycles. The lowest BCUT2D eigenvalue weighted by atomic mass is 9.86. The van der Waals surface area contributed by atoms with E-state index in [1.54, 1.807) is 12.3 Å². The van der Waals surface area contributed by atoms with Crippen LogP contribution in [-0.2, 0) is 4.79 Å². The van der Waals surface area contributed by atoms with Crippen LogP contribution in [0.3, 0.4) is 0 Å². The lowest BCUT2D eigenvalue weighted by Gasteiger charge is -2.29. The monoisotopic (exact) mass is 283 g/mol. The second-order valence-electron chi connectivity index (χ2n) is 5.82. The number of imidazole rings is 1. The van der Waals surface area contributed by atoms with E-state index in [-0.39, 0.29) is 5.91 Å². The zero-order valence-electron chi connectivity index (χ0n) is 12.3. The SMILES string of the molecule is CC1CCCCC1NC(=O)/C=C/c1cnc2ccccn12. The molecule has 4 nitrogen and oxygen atoms in total. The van der Waals surface area contributed by atoms with E-state index in [0.29, 0.717) is 12.0 Å². The van der Waals surface area contributed by atoms with E-state index in [2.05, 4.69) is 17.2 Å². The highest BCUT2D eigenvalue weighted by molar-refractivity contribution is 5.91. The molecular weight excluding hydrogens is 262 g/mol. The van der Waals surface area contributed by atoms with Gasteiger partial charge in [-0.05, 0) is 37.0 Å². The molecule has 0 spiro atoms. The Morgan fingerprint density at radius 1 is 1.38 bits per heavy atom. The van der Waals surface area contributed by atoms with Gasteiger partial charge >= 0.3 is 0 Å². The molecular formula is C17H21N3O. The molecule has 1 amide bonds. The summed E-state index contributed by atoms with van der Waals surface area (Å²) in [5.41, 5.74) is 1.80. The maximum Gasteiger partial charge on any atom is 0.244 e. The molecule has 110 valence electrons. The van der Waals surface area contributed by atoms with E-state index in [1.165, 1.54) is 19.3 Å². The van der Waals surface area contributed by atoms with E-state index in [1.807, 2.05) is 34.9 Å². The molecule has 2 aromatic rings. The van der Waals surface area contributed by atoms with Gasteiger partial charge in [-0.15, -0.1) is 0 Å². The molecule has 2 unspecified atom stereocenters. The number of rotatable bonds is 3. The highest BCUT2D eigenvalue weighted by Crippen LogP contribution is 2.23. The van der Waals surface area contributed by atoms with Crippen LogP contribution < -0.4 is 5.32 Å². The number of nitrogens with zero attached hydrogens (tertiary/aromatic N) is 2. The van der Waals surface area contributed by atoms with Gasteiger partial charge in [-0.3, -0.25) is 4.79 Å². The van der Waals surface area contributed by atoms with Crippen molar-refractivity contribution in [2.45, 2.75) is 38.6 Å². The molecule has 1 N–H and O–H groups in total. The van der Waals surface area contributed by atoms with Crippen molar-refractivity contribution in [2.75, 3.05) is 0 Å². The largest absolute Gasteiger partial charge is 0.350 e. The fourth-order valence-electron chi connectivity index (χ4n) is 3.00. The van der Waals surface area contributed by atoms with Gasteiger partial charge in [0.05, 0.1) is 11.9 Å². The number of hydrogen-bond acceptors (Lipinski definition) is 2. The Bertz CT molecular complexity index is 659. The predicted octanol–water partition coefficient (Wildman–Crippen LogP) is 3.04. The van der Waals surface area contributed by atoms with Crippen molar-refractivity contribution >= 4 is 17.6 Å². The highest BCUT2D eigenvalue weighted by atomic mass is 16.1. The van der Waals surface area contributed by atoms with Gasteiger partial charge in [-0.25, -0.2) is 4.98 Å². The van der Waals surface area contributed by atoms with E-state index < -0.39 is 0 Å². The Morgan fingerprint density at radius 2 is 2.24 bits per heavy atom. The van der Waals surface area contributed by atoms with Crippen molar-refractivity contribution < 1.29 is 4.79 Å². The van der Waals surface area contributed by atoms with Crippen molar-refractivity contribution in [1.82, 2.24) is 14.7 Å². The molecule has 0 bridgehead atoms. The lowest BCUT2D eigenvalue weighted by molar-refractivity contribution is -0.117. The number of carbonyl (C=O) groups excluding carboxylic acids is 1. The zero-order valence-corrected chi connectivity index (χ0v) is 12.3. The number of amides is 1. The van der Waals surface area contributed by atoms with Crippen LogP contribution in [0.4, 0.5) is 0 Å². The molecule has 3 rings (SSSR count). The van der Waals surface area contributed by atoms with Crippen LogP contribution in [0, 0.1) is 5.92 Å². The molecule has 0 aliphatic heterocycles. The predicted molar refractivity (Wildman–Crippen MR) is 83.8 cm³/mol. The first-order chi connectivity index (χ1) is 10.2. The van der Waals surface area contributed by atoms with Gasteiger partial charge in [0.2, 0.25) is 5.91 Å². The number of hydrogen-bond donors (Lipinski definition) is 1. The van der Waals surface area contributed by atoms with E-state index in [9.17, 15) is 4.79 Å². The van der Waals surface area contributed by atoms with Crippen molar-refractivity contribution in [3.05, 3.63) is 42.4 Å². The third-order valence-electron chi connectivity index (χ3n) is 4.29. The van der Waals surface area contributed by atoms with E-state index in [0.717, 1.165) is 17.8 Å². The minimum atomic E-state index is -0.0142. The van der Waals surface area contributed by atoms with Gasteiger partial charge in [0.1, 0.15) is 5.65 Å². The molecule has 1 saturated carbocycles. The van der Waals surface area contributed by atoms with Crippen molar-refractivity contribution in [1.29, 1.82) is 0 Å². The van der Waals surface area contributed by atoms with Crippen molar-refractivity contribution in [3.8, 4) is 0 Å². The molecule has 2 atom stereocenters. The first kappa shape index (κ1) is 13.9. The quantitative estimate of drug-likeness (QED) is 0.880. The summed E-state index contributed by atoms with van der Waals surface area (Å²) in [5.74, 6) is 0.562. The van der Waals surface area contributed by atoms with Crippen LogP contribution >= 0.6 is 0 Å². The van der Waals surface area contributed by atoms with Crippen LogP contribution in [0.25, 0.3) is 11.7 Å². The maximum absolute atomic E-state index is 12.1. The minimum absolute atomic E-state index is 0.0142. The third kappa shape index (κ3) is 3.15. The molecule has 21 heavy (non-hydrogen) atoms. The molecule has 0 aromatic carbocycles. The number of fused-ring (bicyclic) bond motifs is 1. The normalized spacial score (nSPS) is 22.7. The maximum atomic E-state index is 12.1. The first-order valence-corrected chi connectivity index (χ1v) is 7.65. The van der Waals surface area contributed by atoms with Gasteiger partial charge < -0.3 is 9.72 Å². The van der Waals surface area contributed by atoms with Gasteiger partial charge in [0, 0.05) is 18.3 Å². The minimum Gasteiger partial charge on any atom is -0.350 e. The second kappa shape index (κ2) is 6.12. The van der Waals surface area contributed by atoms with Crippen LogP contribution in [0.1, 0.15) is 38.3 Å². The van der Waals surface area contributed by atoms with Gasteiger partial charge in [0.15, 0.2) is 0 Å². The van der Waals surface area contributed by atoms with Crippen molar-refractivity contribution in [2.24, 2.45) is 5.92 Å². The number of nitrogens with one attached hydrogen (secondary N) is 1. The molecule has 1 fully saturated rings. The Labute approximate surface area is 124 Å². The summed E-state index contributed by atoms with van der Waals surface area (Å²) < 4.78 is 1.97. The summed E-state index contributed by atoms with van der Waals surface area (Å²) >= 11 is 0. The lowest BCUT2D eigenvalue weighted by Crippen LogP contribution is -2.40. The average molecular weight is 283 g/mol. The Balaban J connectivity index is 1.66. The van der Waals surface area contributed by atoms with Crippen LogP contribution in [0.5, 0.6) is 0 Å². The number of carbonyl (C=O) groups is 1. The topological polar surface area (TPSA) is 46.4 Å². The van der Waals surface area contributed by atoms with Crippen LogP contribution in [-0.4, -0.2) is 21.3 Å². The summed E-state index contributed by atoms with van der Waals surface area (Å²) in [4.78, 5) is 16.4. The van der Waals surface area contributed by atoms with Gasteiger partial charge in [-0.1, -0.05) is 25.8 Å². The summed E-state index contributed by atoms with van der Waals surface area (Å²) in [6, 6.07) is 6.17. The number of pyridine rings is 1. The summed E-state index contributed by atoms with van der Waals surface area (Å²) in [5, 5.41) is 3.12. The molecule has 4 heteroatoms. The van der Waals surface area contributed by atoms with E-state index >= 15 is 0 Å².